The molecule has 0 radical (unpaired) electrons. The summed E-state index contributed by atoms with van der Waals surface area (Å²) in [5, 5.41) is 7.34. The fraction of sp³-hybridized carbons (Fsp3) is 0.600. The maximum absolute atomic E-state index is 12.9. The molecule has 1 aromatic rings. The Morgan fingerprint density at radius 1 is 1.50 bits per heavy atom. The van der Waals surface area contributed by atoms with E-state index in [2.05, 4.69) is 10.2 Å². The van der Waals surface area contributed by atoms with Crippen molar-refractivity contribution in [2.24, 2.45) is 0 Å². The molecule has 0 unspecified atom stereocenters. The van der Waals surface area contributed by atoms with Gasteiger partial charge in [-0.3, -0.25) is 4.90 Å². The van der Waals surface area contributed by atoms with Gasteiger partial charge in [-0.2, -0.15) is 11.3 Å². The summed E-state index contributed by atoms with van der Waals surface area (Å²) < 4.78 is 12.9. The quantitative estimate of drug-likeness (QED) is 0.823. The number of nitrogens with zero attached hydrogens (tertiary/aromatic N) is 1. The fourth-order valence-corrected chi connectivity index (χ4v) is 2.56. The van der Waals surface area contributed by atoms with E-state index in [0.717, 1.165) is 31.7 Å². The third-order valence-corrected chi connectivity index (χ3v) is 3.37. The van der Waals surface area contributed by atoms with Crippen LogP contribution < -0.4 is 5.32 Å². The molecule has 1 N–H and O–H groups in total. The van der Waals surface area contributed by atoms with Gasteiger partial charge in [0.05, 0.1) is 6.04 Å². The molecule has 14 heavy (non-hydrogen) atoms. The lowest BCUT2D eigenvalue weighted by Gasteiger charge is -2.33. The van der Waals surface area contributed by atoms with Gasteiger partial charge >= 0.3 is 0 Å². The van der Waals surface area contributed by atoms with Crippen molar-refractivity contribution in [3.63, 3.8) is 0 Å². The molecule has 1 fully saturated rings. The third-order valence-electron chi connectivity index (χ3n) is 2.67. The first kappa shape index (κ1) is 10.1. The molecule has 0 aliphatic carbocycles. The molecule has 1 aliphatic heterocycles. The number of hydrogen-bond donors (Lipinski definition) is 1. The zero-order chi connectivity index (χ0) is 9.80. The second-order valence-electron chi connectivity index (χ2n) is 3.51. The molecule has 2 nitrogen and oxygen atoms in total. The molecule has 4 heteroatoms. The zero-order valence-corrected chi connectivity index (χ0v) is 8.89. The Morgan fingerprint density at radius 2 is 2.29 bits per heavy atom. The van der Waals surface area contributed by atoms with Crippen LogP contribution in [0, 0.1) is 0 Å². The largest absolute Gasteiger partial charge is 0.314 e. The lowest BCUT2D eigenvalue weighted by atomic mass is 10.1. The maximum Gasteiger partial charge on any atom is 0.109 e. The molecule has 0 amide bonds. The Kier molecular flexibility index (Phi) is 3.50. The Labute approximate surface area is 87.7 Å². The maximum atomic E-state index is 12.9. The van der Waals surface area contributed by atoms with E-state index in [4.69, 9.17) is 0 Å². The molecule has 1 atom stereocenters. The molecule has 1 aliphatic rings. The summed E-state index contributed by atoms with van der Waals surface area (Å²) in [6.45, 7) is 3.56. The van der Waals surface area contributed by atoms with Gasteiger partial charge in [0.15, 0.2) is 0 Å². The minimum absolute atomic E-state index is 0.0247. The Hall–Kier alpha value is -0.450. The van der Waals surface area contributed by atoms with Gasteiger partial charge in [0.25, 0.3) is 0 Å². The monoisotopic (exact) mass is 214 g/mol. The molecule has 1 saturated heterocycles. The highest BCUT2D eigenvalue weighted by atomic mass is 32.1. The van der Waals surface area contributed by atoms with Gasteiger partial charge < -0.3 is 5.32 Å². The number of piperazine rings is 1. The summed E-state index contributed by atoms with van der Waals surface area (Å²) in [5.74, 6) is 0. The van der Waals surface area contributed by atoms with Crippen molar-refractivity contribution in [2.45, 2.75) is 6.04 Å². The van der Waals surface area contributed by atoms with E-state index in [0.29, 0.717) is 0 Å². The number of hydrogen-bond acceptors (Lipinski definition) is 3. The first-order valence-electron chi connectivity index (χ1n) is 4.94. The smallest absolute Gasteiger partial charge is 0.109 e. The van der Waals surface area contributed by atoms with E-state index in [9.17, 15) is 4.39 Å². The van der Waals surface area contributed by atoms with Gasteiger partial charge in [-0.15, -0.1) is 0 Å². The van der Waals surface area contributed by atoms with Gasteiger partial charge in [0.2, 0.25) is 0 Å². The second-order valence-corrected chi connectivity index (χ2v) is 4.29. The van der Waals surface area contributed by atoms with Crippen LogP contribution in [-0.4, -0.2) is 37.8 Å². The van der Waals surface area contributed by atoms with Crippen LogP contribution in [0.1, 0.15) is 11.6 Å². The highest BCUT2D eigenvalue weighted by molar-refractivity contribution is 7.07. The fourth-order valence-electron chi connectivity index (χ4n) is 1.86. The van der Waals surface area contributed by atoms with Gasteiger partial charge in [-0.25, -0.2) is 4.39 Å². The Balaban J connectivity index is 2.04. The topological polar surface area (TPSA) is 15.3 Å². The number of halogens is 1. The van der Waals surface area contributed by atoms with E-state index in [1.54, 1.807) is 11.3 Å². The van der Waals surface area contributed by atoms with E-state index in [1.807, 2.05) is 16.8 Å². The van der Waals surface area contributed by atoms with Crippen molar-refractivity contribution in [1.29, 1.82) is 0 Å². The predicted octanol–water partition coefficient (Wildman–Crippen LogP) is 1.66. The standard InChI is InChI=1S/C10H15FN2S/c11-7-10(9-1-6-14-8-9)13-4-2-12-3-5-13/h1,6,8,10,12H,2-5,7H2/t10-/m1/s1. The van der Waals surface area contributed by atoms with Crippen molar-refractivity contribution in [3.8, 4) is 0 Å². The minimum atomic E-state index is -0.281. The summed E-state index contributed by atoms with van der Waals surface area (Å²) in [6.07, 6.45) is 0. The van der Waals surface area contributed by atoms with Gasteiger partial charge in [-0.05, 0) is 22.4 Å². The number of rotatable bonds is 3. The van der Waals surface area contributed by atoms with Crippen LogP contribution in [0.2, 0.25) is 0 Å². The predicted molar refractivity (Wildman–Crippen MR) is 57.5 cm³/mol. The van der Waals surface area contributed by atoms with Crippen LogP contribution in [-0.2, 0) is 0 Å². The van der Waals surface area contributed by atoms with Crippen LogP contribution in [0.15, 0.2) is 16.8 Å². The summed E-state index contributed by atoms with van der Waals surface area (Å²) in [4.78, 5) is 2.22. The average Bonchev–Trinajstić information content (AvgIpc) is 2.74. The Bertz CT molecular complexity index is 257. The van der Waals surface area contributed by atoms with Crippen molar-refractivity contribution in [3.05, 3.63) is 22.4 Å². The van der Waals surface area contributed by atoms with Crippen molar-refractivity contribution in [2.75, 3.05) is 32.9 Å². The van der Waals surface area contributed by atoms with Gasteiger partial charge in [0, 0.05) is 26.2 Å². The first-order chi connectivity index (χ1) is 6.92. The molecule has 0 saturated carbocycles. The summed E-state index contributed by atoms with van der Waals surface area (Å²) in [6, 6.07) is 2.00. The zero-order valence-electron chi connectivity index (χ0n) is 8.08. The SMILES string of the molecule is FC[C@H](c1ccsc1)N1CCNCC1. The minimum Gasteiger partial charge on any atom is -0.314 e. The number of thiophene rings is 1. The van der Waals surface area contributed by atoms with E-state index in [-0.39, 0.29) is 12.7 Å². The van der Waals surface area contributed by atoms with Crippen molar-refractivity contribution >= 4 is 11.3 Å². The lowest BCUT2D eigenvalue weighted by molar-refractivity contribution is 0.148. The van der Waals surface area contributed by atoms with Crippen LogP contribution in [0.5, 0.6) is 0 Å². The molecule has 0 spiro atoms. The normalized spacial score (nSPS) is 20.9. The third kappa shape index (κ3) is 2.13. The van der Waals surface area contributed by atoms with Gasteiger partial charge in [-0.1, -0.05) is 0 Å². The van der Waals surface area contributed by atoms with E-state index >= 15 is 0 Å². The Morgan fingerprint density at radius 3 is 2.86 bits per heavy atom. The summed E-state index contributed by atoms with van der Waals surface area (Å²) in [7, 11) is 0. The van der Waals surface area contributed by atoms with Gasteiger partial charge in [0.1, 0.15) is 6.67 Å². The van der Waals surface area contributed by atoms with Crippen LogP contribution in [0.3, 0.4) is 0 Å². The number of alkyl halides is 1. The lowest BCUT2D eigenvalue weighted by Crippen LogP contribution is -2.45. The number of nitrogens with one attached hydrogen (secondary N) is 1. The van der Waals surface area contributed by atoms with Crippen LogP contribution in [0.4, 0.5) is 4.39 Å². The molecule has 0 aromatic carbocycles. The van der Waals surface area contributed by atoms with Crippen molar-refractivity contribution < 1.29 is 4.39 Å². The van der Waals surface area contributed by atoms with Crippen molar-refractivity contribution in [1.82, 2.24) is 10.2 Å². The highest BCUT2D eigenvalue weighted by Gasteiger charge is 2.21. The molecular formula is C10H15FN2S. The first-order valence-corrected chi connectivity index (χ1v) is 5.89. The molecular weight excluding hydrogens is 199 g/mol. The summed E-state index contributed by atoms with van der Waals surface area (Å²) in [5.41, 5.74) is 1.12. The van der Waals surface area contributed by atoms with Crippen LogP contribution in [0.25, 0.3) is 0 Å². The molecule has 0 bridgehead atoms. The second kappa shape index (κ2) is 4.87. The van der Waals surface area contributed by atoms with E-state index < -0.39 is 0 Å². The highest BCUT2D eigenvalue weighted by Crippen LogP contribution is 2.23. The van der Waals surface area contributed by atoms with Crippen LogP contribution >= 0.6 is 11.3 Å². The molecule has 2 heterocycles. The van der Waals surface area contributed by atoms with E-state index in [1.165, 1.54) is 0 Å². The molecule has 78 valence electrons. The summed E-state index contributed by atoms with van der Waals surface area (Å²) >= 11 is 1.64. The average molecular weight is 214 g/mol. The molecule has 2 rings (SSSR count). The molecule has 1 aromatic heterocycles.